The quantitative estimate of drug-likeness (QED) is 0.341. The Bertz CT molecular complexity index is 80.8. The zero-order valence-corrected chi connectivity index (χ0v) is 7.05. The van der Waals surface area contributed by atoms with Crippen LogP contribution in [0.25, 0.3) is 0 Å². The standard InChI is InChI=1S/C7H18N2O2/c1-2-11-7(10)3-5-9-6-4-8/h7,9-10H,2-6,8H2,1H3. The van der Waals surface area contributed by atoms with E-state index in [-0.39, 0.29) is 0 Å². The van der Waals surface area contributed by atoms with Crippen molar-refractivity contribution >= 4 is 0 Å². The summed E-state index contributed by atoms with van der Waals surface area (Å²) in [6.45, 7) is 4.58. The summed E-state index contributed by atoms with van der Waals surface area (Å²) in [5, 5.41) is 12.1. The van der Waals surface area contributed by atoms with Gasteiger partial charge < -0.3 is 20.9 Å². The summed E-state index contributed by atoms with van der Waals surface area (Å²) in [6, 6.07) is 0. The minimum absolute atomic E-state index is 0.554. The highest BCUT2D eigenvalue weighted by atomic mass is 16.6. The van der Waals surface area contributed by atoms with Crippen molar-refractivity contribution < 1.29 is 9.84 Å². The van der Waals surface area contributed by atoms with E-state index in [0.717, 1.165) is 13.1 Å². The minimum atomic E-state index is -0.634. The Morgan fingerprint density at radius 3 is 2.82 bits per heavy atom. The van der Waals surface area contributed by atoms with E-state index in [0.29, 0.717) is 19.6 Å². The smallest absolute Gasteiger partial charge is 0.155 e. The molecule has 0 aromatic carbocycles. The summed E-state index contributed by atoms with van der Waals surface area (Å²) in [5.41, 5.74) is 5.25. The van der Waals surface area contributed by atoms with Gasteiger partial charge in [0.05, 0.1) is 0 Å². The molecule has 0 saturated heterocycles. The number of ether oxygens (including phenoxy) is 1. The Balaban J connectivity index is 2.97. The number of rotatable bonds is 7. The molecule has 0 saturated carbocycles. The van der Waals surface area contributed by atoms with Gasteiger partial charge in [-0.05, 0) is 13.5 Å². The highest BCUT2D eigenvalue weighted by Crippen LogP contribution is 1.90. The van der Waals surface area contributed by atoms with E-state index in [2.05, 4.69) is 5.32 Å². The highest BCUT2D eigenvalue weighted by molar-refractivity contribution is 4.49. The summed E-state index contributed by atoms with van der Waals surface area (Å²) in [6.07, 6.45) is -0.0151. The van der Waals surface area contributed by atoms with Gasteiger partial charge in [-0.15, -0.1) is 0 Å². The lowest BCUT2D eigenvalue weighted by Crippen LogP contribution is -2.26. The number of nitrogens with one attached hydrogen (secondary N) is 1. The van der Waals surface area contributed by atoms with Crippen LogP contribution >= 0.6 is 0 Å². The lowest BCUT2D eigenvalue weighted by Gasteiger charge is -2.09. The summed E-state index contributed by atoms with van der Waals surface area (Å²) in [5.74, 6) is 0. The molecule has 0 spiro atoms. The number of nitrogens with two attached hydrogens (primary N) is 1. The predicted octanol–water partition coefficient (Wildman–Crippen LogP) is -0.720. The summed E-state index contributed by atoms with van der Waals surface area (Å²) in [7, 11) is 0. The first kappa shape index (κ1) is 10.8. The maximum Gasteiger partial charge on any atom is 0.155 e. The fourth-order valence-corrected chi connectivity index (χ4v) is 0.728. The summed E-state index contributed by atoms with van der Waals surface area (Å²) >= 11 is 0. The van der Waals surface area contributed by atoms with Gasteiger partial charge in [0.1, 0.15) is 0 Å². The van der Waals surface area contributed by atoms with Crippen LogP contribution in [0, 0.1) is 0 Å². The fraction of sp³-hybridized carbons (Fsp3) is 1.00. The van der Waals surface area contributed by atoms with E-state index in [1.54, 1.807) is 0 Å². The fourth-order valence-electron chi connectivity index (χ4n) is 0.728. The molecule has 0 aliphatic rings. The molecule has 0 radical (unpaired) electrons. The van der Waals surface area contributed by atoms with Gasteiger partial charge in [0.15, 0.2) is 6.29 Å². The average Bonchev–Trinajstić information content (AvgIpc) is 1.99. The van der Waals surface area contributed by atoms with Crippen LogP contribution in [0.2, 0.25) is 0 Å². The molecule has 1 atom stereocenters. The Morgan fingerprint density at radius 1 is 1.55 bits per heavy atom. The lowest BCUT2D eigenvalue weighted by molar-refractivity contribution is -0.0976. The van der Waals surface area contributed by atoms with Crippen LogP contribution in [0.3, 0.4) is 0 Å². The highest BCUT2D eigenvalue weighted by Gasteiger charge is 2.00. The second-order valence-electron chi connectivity index (χ2n) is 2.24. The van der Waals surface area contributed by atoms with E-state index in [4.69, 9.17) is 15.6 Å². The van der Waals surface area contributed by atoms with Crippen LogP contribution in [-0.2, 0) is 4.74 Å². The molecule has 1 unspecified atom stereocenters. The Kier molecular flexibility index (Phi) is 7.83. The van der Waals surface area contributed by atoms with Crippen LogP contribution in [0.15, 0.2) is 0 Å². The van der Waals surface area contributed by atoms with Crippen molar-refractivity contribution in [1.29, 1.82) is 0 Å². The number of hydrogen-bond acceptors (Lipinski definition) is 4. The van der Waals surface area contributed by atoms with Crippen LogP contribution in [0.4, 0.5) is 0 Å². The third kappa shape index (κ3) is 7.74. The van der Waals surface area contributed by atoms with E-state index in [1.165, 1.54) is 0 Å². The van der Waals surface area contributed by atoms with Crippen LogP contribution in [0.1, 0.15) is 13.3 Å². The van der Waals surface area contributed by atoms with Crippen molar-refractivity contribution in [1.82, 2.24) is 5.32 Å². The second kappa shape index (κ2) is 7.94. The molecule has 4 heteroatoms. The summed E-state index contributed by atoms with van der Waals surface area (Å²) < 4.78 is 4.91. The minimum Gasteiger partial charge on any atom is -0.368 e. The van der Waals surface area contributed by atoms with Gasteiger partial charge in [-0.3, -0.25) is 0 Å². The van der Waals surface area contributed by atoms with Gasteiger partial charge in [-0.25, -0.2) is 0 Å². The van der Waals surface area contributed by atoms with E-state index in [1.807, 2.05) is 6.92 Å². The Morgan fingerprint density at radius 2 is 2.27 bits per heavy atom. The van der Waals surface area contributed by atoms with Crippen molar-refractivity contribution in [3.8, 4) is 0 Å². The van der Waals surface area contributed by atoms with E-state index >= 15 is 0 Å². The number of hydrogen-bond donors (Lipinski definition) is 3. The molecule has 4 nitrogen and oxygen atoms in total. The van der Waals surface area contributed by atoms with Crippen molar-refractivity contribution in [2.24, 2.45) is 5.73 Å². The zero-order chi connectivity index (χ0) is 8.53. The number of aliphatic hydroxyl groups excluding tert-OH is 1. The largest absolute Gasteiger partial charge is 0.368 e. The first-order chi connectivity index (χ1) is 5.31. The molecule has 0 aromatic rings. The Hall–Kier alpha value is -0.160. The summed E-state index contributed by atoms with van der Waals surface area (Å²) in [4.78, 5) is 0. The topological polar surface area (TPSA) is 67.5 Å². The van der Waals surface area contributed by atoms with Crippen LogP contribution < -0.4 is 11.1 Å². The van der Waals surface area contributed by atoms with Gasteiger partial charge in [-0.1, -0.05) is 0 Å². The zero-order valence-electron chi connectivity index (χ0n) is 7.05. The molecule has 0 heterocycles. The molecule has 0 fully saturated rings. The molecule has 0 bridgehead atoms. The molecule has 0 rings (SSSR count). The van der Waals surface area contributed by atoms with Gasteiger partial charge in [-0.2, -0.15) is 0 Å². The molecule has 0 aromatic heterocycles. The van der Waals surface area contributed by atoms with Crippen LogP contribution in [-0.4, -0.2) is 37.6 Å². The van der Waals surface area contributed by atoms with Crippen molar-refractivity contribution in [3.63, 3.8) is 0 Å². The van der Waals surface area contributed by atoms with Crippen molar-refractivity contribution in [2.45, 2.75) is 19.6 Å². The molecule has 0 amide bonds. The molecule has 68 valence electrons. The molecule has 0 aliphatic heterocycles. The third-order valence-corrected chi connectivity index (χ3v) is 1.25. The average molecular weight is 162 g/mol. The van der Waals surface area contributed by atoms with Gasteiger partial charge >= 0.3 is 0 Å². The first-order valence-electron chi connectivity index (χ1n) is 4.01. The molecule has 0 aliphatic carbocycles. The lowest BCUT2D eigenvalue weighted by atomic mass is 10.4. The monoisotopic (exact) mass is 162 g/mol. The molecular weight excluding hydrogens is 144 g/mol. The van der Waals surface area contributed by atoms with Crippen molar-refractivity contribution in [2.75, 3.05) is 26.2 Å². The maximum absolute atomic E-state index is 9.06. The molecule has 4 N–H and O–H groups in total. The SMILES string of the molecule is CCOC(O)CCNCCN. The second-order valence-corrected chi connectivity index (χ2v) is 2.24. The van der Waals surface area contributed by atoms with Crippen LogP contribution in [0.5, 0.6) is 0 Å². The maximum atomic E-state index is 9.06. The van der Waals surface area contributed by atoms with Crippen molar-refractivity contribution in [3.05, 3.63) is 0 Å². The molecule has 11 heavy (non-hydrogen) atoms. The van der Waals surface area contributed by atoms with Gasteiger partial charge in [0.25, 0.3) is 0 Å². The van der Waals surface area contributed by atoms with Gasteiger partial charge in [0, 0.05) is 26.1 Å². The van der Waals surface area contributed by atoms with E-state index in [9.17, 15) is 0 Å². The molecular formula is C7H18N2O2. The van der Waals surface area contributed by atoms with Gasteiger partial charge in [0.2, 0.25) is 0 Å². The third-order valence-electron chi connectivity index (χ3n) is 1.25. The normalized spacial score (nSPS) is 13.4. The Labute approximate surface area is 67.7 Å². The first-order valence-corrected chi connectivity index (χ1v) is 4.01. The predicted molar refractivity (Wildman–Crippen MR) is 44.2 cm³/mol. The number of aliphatic hydroxyl groups is 1. The van der Waals surface area contributed by atoms with E-state index < -0.39 is 6.29 Å².